The molecule has 1 saturated heterocycles. The van der Waals surface area contributed by atoms with E-state index < -0.39 is 5.97 Å². The van der Waals surface area contributed by atoms with Crippen LogP contribution in [0.5, 0.6) is 0 Å². The van der Waals surface area contributed by atoms with E-state index in [1.807, 2.05) is 10.8 Å². The first kappa shape index (κ1) is 8.19. The Balaban J connectivity index is 2.15. The van der Waals surface area contributed by atoms with E-state index in [-0.39, 0.29) is 6.10 Å². The predicted octanol–water partition coefficient (Wildman–Crippen LogP) is 0.0711. The predicted molar refractivity (Wildman–Crippen MR) is 43.3 cm³/mol. The monoisotopic (exact) mass is 180 g/mol. The van der Waals surface area contributed by atoms with Crippen LogP contribution in [0, 0.1) is 0 Å². The Morgan fingerprint density at radius 1 is 1.77 bits per heavy atom. The van der Waals surface area contributed by atoms with Crippen LogP contribution in [0.2, 0.25) is 0 Å². The van der Waals surface area contributed by atoms with Gasteiger partial charge in [0.2, 0.25) is 0 Å². The molecule has 1 aromatic heterocycles. The zero-order valence-corrected chi connectivity index (χ0v) is 7.01. The summed E-state index contributed by atoms with van der Waals surface area (Å²) in [6.45, 7) is 1.52. The molecule has 1 atom stereocenters. The van der Waals surface area contributed by atoms with Crippen molar-refractivity contribution in [1.29, 1.82) is 0 Å². The van der Waals surface area contributed by atoms with Crippen molar-refractivity contribution >= 4 is 5.97 Å². The summed E-state index contributed by atoms with van der Waals surface area (Å²) < 4.78 is 6.88. The number of aromatic carboxylic acids is 1. The Morgan fingerprint density at radius 2 is 2.54 bits per heavy atom. The van der Waals surface area contributed by atoms with Gasteiger partial charge in [0.15, 0.2) is 18.9 Å². The fourth-order valence-corrected chi connectivity index (χ4v) is 1.17. The summed E-state index contributed by atoms with van der Waals surface area (Å²) in [7, 11) is 0. The van der Waals surface area contributed by atoms with Gasteiger partial charge in [-0.1, -0.05) is 0 Å². The van der Waals surface area contributed by atoms with E-state index in [0.29, 0.717) is 5.56 Å². The van der Waals surface area contributed by atoms with Crippen molar-refractivity contribution in [1.82, 2.24) is 0 Å². The van der Waals surface area contributed by atoms with Crippen LogP contribution in [0.4, 0.5) is 0 Å². The zero-order valence-electron chi connectivity index (χ0n) is 7.01. The van der Waals surface area contributed by atoms with Crippen LogP contribution in [0.3, 0.4) is 0 Å². The largest absolute Gasteiger partial charge is 0.477 e. The van der Waals surface area contributed by atoms with Crippen molar-refractivity contribution in [3.05, 3.63) is 30.1 Å². The van der Waals surface area contributed by atoms with Gasteiger partial charge in [-0.05, 0) is 6.07 Å². The average molecular weight is 180 g/mol. The number of rotatable bonds is 3. The van der Waals surface area contributed by atoms with Crippen molar-refractivity contribution in [3.8, 4) is 0 Å². The zero-order chi connectivity index (χ0) is 9.26. The highest BCUT2D eigenvalue weighted by atomic mass is 16.6. The molecule has 1 aliphatic rings. The van der Waals surface area contributed by atoms with E-state index >= 15 is 0 Å². The van der Waals surface area contributed by atoms with Crippen molar-refractivity contribution in [2.24, 2.45) is 0 Å². The fourth-order valence-electron chi connectivity index (χ4n) is 1.17. The molecule has 0 aliphatic carbocycles. The molecule has 2 heterocycles. The van der Waals surface area contributed by atoms with E-state index in [2.05, 4.69) is 0 Å². The van der Waals surface area contributed by atoms with Crippen LogP contribution in [-0.2, 0) is 11.3 Å². The van der Waals surface area contributed by atoms with Gasteiger partial charge in [0, 0.05) is 6.07 Å². The Bertz CT molecular complexity index is 333. The molecule has 1 fully saturated rings. The molecule has 4 heteroatoms. The number of nitrogens with zero attached hydrogens (tertiary/aromatic N) is 1. The van der Waals surface area contributed by atoms with Crippen LogP contribution in [0.15, 0.2) is 24.5 Å². The maximum Gasteiger partial charge on any atom is 0.341 e. The van der Waals surface area contributed by atoms with E-state index in [1.165, 1.54) is 0 Å². The fraction of sp³-hybridized carbons (Fsp3) is 0.333. The number of carbonyl (C=O) groups is 1. The average Bonchev–Trinajstić information content (AvgIpc) is 2.89. The number of epoxide rings is 1. The molecular weight excluding hydrogens is 170 g/mol. The first-order chi connectivity index (χ1) is 6.25. The summed E-state index contributed by atoms with van der Waals surface area (Å²) >= 11 is 0. The third-order valence-corrected chi connectivity index (χ3v) is 1.92. The second-order valence-corrected chi connectivity index (χ2v) is 3.05. The lowest BCUT2D eigenvalue weighted by atomic mass is 10.3. The Hall–Kier alpha value is -1.42. The minimum Gasteiger partial charge on any atom is -0.477 e. The van der Waals surface area contributed by atoms with Crippen molar-refractivity contribution < 1.29 is 19.2 Å². The normalized spacial score (nSPS) is 19.8. The molecule has 4 nitrogen and oxygen atoms in total. The molecule has 68 valence electrons. The van der Waals surface area contributed by atoms with E-state index in [0.717, 1.165) is 13.2 Å². The van der Waals surface area contributed by atoms with Gasteiger partial charge in [-0.3, -0.25) is 0 Å². The first-order valence-electron chi connectivity index (χ1n) is 4.10. The highest BCUT2D eigenvalue weighted by Gasteiger charge is 2.27. The van der Waals surface area contributed by atoms with Gasteiger partial charge >= 0.3 is 5.97 Å². The Labute approximate surface area is 75.4 Å². The van der Waals surface area contributed by atoms with Crippen LogP contribution in [-0.4, -0.2) is 23.8 Å². The number of carboxylic acid groups (broad SMARTS) is 1. The van der Waals surface area contributed by atoms with Gasteiger partial charge < -0.3 is 9.84 Å². The summed E-state index contributed by atoms with van der Waals surface area (Å²) in [6, 6.07) is 3.30. The number of aromatic nitrogens is 1. The topological polar surface area (TPSA) is 53.7 Å². The van der Waals surface area contributed by atoms with E-state index in [9.17, 15) is 4.79 Å². The van der Waals surface area contributed by atoms with Gasteiger partial charge in [0.05, 0.1) is 6.61 Å². The summed E-state index contributed by atoms with van der Waals surface area (Å²) in [5, 5.41) is 8.71. The number of pyridine rings is 1. The van der Waals surface area contributed by atoms with Crippen LogP contribution < -0.4 is 4.57 Å². The quantitative estimate of drug-likeness (QED) is 0.529. The summed E-state index contributed by atoms with van der Waals surface area (Å²) in [5.41, 5.74) is 0.308. The Morgan fingerprint density at radius 3 is 3.15 bits per heavy atom. The molecule has 0 spiro atoms. The lowest BCUT2D eigenvalue weighted by Crippen LogP contribution is -2.36. The molecule has 0 saturated carbocycles. The smallest absolute Gasteiger partial charge is 0.341 e. The van der Waals surface area contributed by atoms with Gasteiger partial charge in [-0.2, -0.15) is 0 Å². The van der Waals surface area contributed by atoms with Gasteiger partial charge in [-0.15, -0.1) is 0 Å². The molecule has 0 aromatic carbocycles. The molecule has 1 unspecified atom stereocenters. The number of hydrogen-bond acceptors (Lipinski definition) is 2. The molecule has 0 amide bonds. The maximum absolute atomic E-state index is 10.6. The third-order valence-electron chi connectivity index (χ3n) is 1.92. The molecule has 1 aliphatic heterocycles. The minimum absolute atomic E-state index is 0.272. The summed E-state index contributed by atoms with van der Waals surface area (Å²) in [5.74, 6) is -0.897. The van der Waals surface area contributed by atoms with Gasteiger partial charge in [0.1, 0.15) is 11.7 Å². The molecule has 0 radical (unpaired) electrons. The Kier molecular flexibility index (Phi) is 1.98. The highest BCUT2D eigenvalue weighted by Crippen LogP contribution is 2.07. The molecule has 13 heavy (non-hydrogen) atoms. The molecular formula is C9H10NO3+. The lowest BCUT2D eigenvalue weighted by molar-refractivity contribution is -0.698. The highest BCUT2D eigenvalue weighted by molar-refractivity contribution is 5.86. The number of carboxylic acids is 1. The standard InChI is InChI=1S/C9H9NO3/c11-9(12)7-2-1-3-10(4-7)5-8-6-13-8/h1-4,8H,5-6H2/p+1. The molecule has 0 bridgehead atoms. The van der Waals surface area contributed by atoms with Crippen LogP contribution in [0.25, 0.3) is 0 Å². The molecule has 1 aromatic rings. The molecule has 1 N–H and O–H groups in total. The van der Waals surface area contributed by atoms with Crippen molar-refractivity contribution in [2.45, 2.75) is 12.6 Å². The third kappa shape index (κ3) is 2.03. The van der Waals surface area contributed by atoms with Gasteiger partial charge in [0.25, 0.3) is 0 Å². The maximum atomic E-state index is 10.6. The summed E-state index contributed by atoms with van der Waals surface area (Å²) in [4.78, 5) is 10.6. The van der Waals surface area contributed by atoms with E-state index in [4.69, 9.17) is 9.84 Å². The van der Waals surface area contributed by atoms with Crippen molar-refractivity contribution in [3.63, 3.8) is 0 Å². The number of ether oxygens (including phenoxy) is 1. The number of hydrogen-bond donors (Lipinski definition) is 1. The van der Waals surface area contributed by atoms with Gasteiger partial charge in [-0.25, -0.2) is 9.36 Å². The second kappa shape index (κ2) is 3.14. The second-order valence-electron chi connectivity index (χ2n) is 3.05. The van der Waals surface area contributed by atoms with E-state index in [1.54, 1.807) is 18.3 Å². The van der Waals surface area contributed by atoms with Crippen LogP contribution >= 0.6 is 0 Å². The molecule has 2 rings (SSSR count). The summed E-state index contributed by atoms with van der Waals surface area (Å²) in [6.07, 6.45) is 3.73. The van der Waals surface area contributed by atoms with Crippen molar-refractivity contribution in [2.75, 3.05) is 6.61 Å². The first-order valence-corrected chi connectivity index (χ1v) is 4.10. The SMILES string of the molecule is O=C(O)c1ccc[n+](CC2CO2)c1. The minimum atomic E-state index is -0.897. The van der Waals surface area contributed by atoms with Crippen LogP contribution in [0.1, 0.15) is 10.4 Å². The lowest BCUT2D eigenvalue weighted by Gasteiger charge is -1.94.